The van der Waals surface area contributed by atoms with Gasteiger partial charge in [0, 0.05) is 12.5 Å². The molecule has 13 heavy (non-hydrogen) atoms. The quantitative estimate of drug-likeness (QED) is 0.727. The first-order valence-electron chi connectivity index (χ1n) is 4.08. The first-order valence-corrected chi connectivity index (χ1v) is 5.97. The van der Waals surface area contributed by atoms with Crippen molar-refractivity contribution in [3.05, 3.63) is 23.9 Å². The fourth-order valence-electron chi connectivity index (χ4n) is 1.15. The number of hydrogen-bond donors (Lipinski definition) is 0. The van der Waals surface area contributed by atoms with Crippen molar-refractivity contribution in [1.29, 1.82) is 0 Å². The van der Waals surface area contributed by atoms with Crippen LogP contribution >= 0.6 is 0 Å². The summed E-state index contributed by atoms with van der Waals surface area (Å²) in [5.74, 6) is 0.179. The van der Waals surface area contributed by atoms with Crippen LogP contribution in [0.2, 0.25) is 0 Å². The van der Waals surface area contributed by atoms with E-state index in [1.54, 1.807) is 12.1 Å². The molecular formula is C9H13NO2S. The average Bonchev–Trinajstić information content (AvgIpc) is 2.03. The zero-order valence-electron chi connectivity index (χ0n) is 7.98. The SMILES string of the molecule is CC(C)c1cccnc1S(C)(=O)=O. The Balaban J connectivity index is 3.37. The normalized spacial score (nSPS) is 12.0. The molecule has 4 heteroatoms. The van der Waals surface area contributed by atoms with Crippen LogP contribution in [0.5, 0.6) is 0 Å². The maximum absolute atomic E-state index is 11.3. The van der Waals surface area contributed by atoms with Gasteiger partial charge in [-0.2, -0.15) is 0 Å². The Bertz CT molecular complexity index is 396. The molecule has 0 N–H and O–H groups in total. The smallest absolute Gasteiger partial charge is 0.193 e. The predicted octanol–water partition coefficient (Wildman–Crippen LogP) is 1.61. The molecule has 1 aromatic rings. The van der Waals surface area contributed by atoms with Gasteiger partial charge in [-0.3, -0.25) is 0 Å². The van der Waals surface area contributed by atoms with E-state index >= 15 is 0 Å². The van der Waals surface area contributed by atoms with Gasteiger partial charge in [0.15, 0.2) is 14.9 Å². The molecule has 0 spiro atoms. The Morgan fingerprint density at radius 1 is 1.38 bits per heavy atom. The van der Waals surface area contributed by atoms with E-state index in [9.17, 15) is 8.42 Å². The zero-order chi connectivity index (χ0) is 10.1. The van der Waals surface area contributed by atoms with Gasteiger partial charge in [-0.1, -0.05) is 19.9 Å². The van der Waals surface area contributed by atoms with Crippen LogP contribution in [0, 0.1) is 0 Å². The highest BCUT2D eigenvalue weighted by Crippen LogP contribution is 2.20. The van der Waals surface area contributed by atoms with E-state index < -0.39 is 9.84 Å². The van der Waals surface area contributed by atoms with Crippen LogP contribution < -0.4 is 0 Å². The lowest BCUT2D eigenvalue weighted by Crippen LogP contribution is -2.06. The van der Waals surface area contributed by atoms with Crippen molar-refractivity contribution in [3.8, 4) is 0 Å². The molecule has 0 saturated carbocycles. The van der Waals surface area contributed by atoms with Gasteiger partial charge < -0.3 is 0 Å². The molecule has 0 saturated heterocycles. The van der Waals surface area contributed by atoms with E-state index in [1.807, 2.05) is 13.8 Å². The summed E-state index contributed by atoms with van der Waals surface area (Å²) in [6.07, 6.45) is 2.68. The second kappa shape index (κ2) is 3.46. The van der Waals surface area contributed by atoms with Crippen molar-refractivity contribution >= 4 is 9.84 Å². The topological polar surface area (TPSA) is 47.0 Å². The van der Waals surface area contributed by atoms with Gasteiger partial charge in [0.25, 0.3) is 0 Å². The molecule has 0 aliphatic rings. The summed E-state index contributed by atoms with van der Waals surface area (Å²) in [5, 5.41) is 0.199. The third-order valence-electron chi connectivity index (χ3n) is 1.77. The standard InChI is InChI=1S/C9H13NO2S/c1-7(2)8-5-4-6-10-9(8)13(3,11)12/h4-7H,1-3H3. The molecule has 1 aromatic heterocycles. The Hall–Kier alpha value is -0.900. The third-order valence-corrected chi connectivity index (χ3v) is 2.82. The molecule has 0 atom stereocenters. The molecule has 0 unspecified atom stereocenters. The number of rotatable bonds is 2. The van der Waals surface area contributed by atoms with E-state index in [0.29, 0.717) is 0 Å². The van der Waals surface area contributed by atoms with Crippen LogP contribution in [0.1, 0.15) is 25.3 Å². The number of sulfone groups is 1. The van der Waals surface area contributed by atoms with Crippen molar-refractivity contribution in [2.24, 2.45) is 0 Å². The van der Waals surface area contributed by atoms with E-state index in [0.717, 1.165) is 5.56 Å². The highest BCUT2D eigenvalue weighted by molar-refractivity contribution is 7.90. The van der Waals surface area contributed by atoms with Gasteiger partial charge in [-0.25, -0.2) is 13.4 Å². The fraction of sp³-hybridized carbons (Fsp3) is 0.444. The molecule has 1 heterocycles. The van der Waals surface area contributed by atoms with Gasteiger partial charge in [0.2, 0.25) is 0 Å². The number of nitrogens with zero attached hydrogens (tertiary/aromatic N) is 1. The van der Waals surface area contributed by atoms with Crippen molar-refractivity contribution in [1.82, 2.24) is 4.98 Å². The average molecular weight is 199 g/mol. The minimum atomic E-state index is -3.19. The van der Waals surface area contributed by atoms with Crippen molar-refractivity contribution in [3.63, 3.8) is 0 Å². The highest BCUT2D eigenvalue weighted by atomic mass is 32.2. The van der Waals surface area contributed by atoms with Crippen LogP contribution in [-0.2, 0) is 9.84 Å². The third kappa shape index (κ3) is 2.28. The molecule has 0 radical (unpaired) electrons. The van der Waals surface area contributed by atoms with Crippen molar-refractivity contribution in [2.45, 2.75) is 24.8 Å². The molecular weight excluding hydrogens is 186 g/mol. The summed E-state index contributed by atoms with van der Waals surface area (Å²) in [4.78, 5) is 3.88. The molecule has 72 valence electrons. The lowest BCUT2D eigenvalue weighted by Gasteiger charge is -2.08. The molecule has 0 bridgehead atoms. The summed E-state index contributed by atoms with van der Waals surface area (Å²) >= 11 is 0. The van der Waals surface area contributed by atoms with Crippen LogP contribution in [0.4, 0.5) is 0 Å². The monoisotopic (exact) mass is 199 g/mol. The van der Waals surface area contributed by atoms with E-state index in [4.69, 9.17) is 0 Å². The predicted molar refractivity (Wildman–Crippen MR) is 51.4 cm³/mol. The number of hydrogen-bond acceptors (Lipinski definition) is 3. The molecule has 0 aliphatic heterocycles. The minimum Gasteiger partial charge on any atom is -0.244 e. The Morgan fingerprint density at radius 3 is 2.38 bits per heavy atom. The Kier molecular flexibility index (Phi) is 2.71. The van der Waals surface area contributed by atoms with Gasteiger partial charge >= 0.3 is 0 Å². The molecule has 0 amide bonds. The molecule has 3 nitrogen and oxygen atoms in total. The van der Waals surface area contributed by atoms with E-state index in [1.165, 1.54) is 12.5 Å². The molecule has 0 fully saturated rings. The number of aromatic nitrogens is 1. The Labute approximate surface area is 78.7 Å². The van der Waals surface area contributed by atoms with Crippen LogP contribution in [0.15, 0.2) is 23.4 Å². The summed E-state index contributed by atoms with van der Waals surface area (Å²) in [6, 6.07) is 3.55. The minimum absolute atomic E-state index is 0.179. The van der Waals surface area contributed by atoms with E-state index in [2.05, 4.69) is 4.98 Å². The van der Waals surface area contributed by atoms with Crippen molar-refractivity contribution in [2.75, 3.05) is 6.26 Å². The summed E-state index contributed by atoms with van der Waals surface area (Å²) in [5.41, 5.74) is 0.782. The maximum Gasteiger partial charge on any atom is 0.193 e. The summed E-state index contributed by atoms with van der Waals surface area (Å²) in [6.45, 7) is 3.90. The van der Waals surface area contributed by atoms with Gasteiger partial charge in [0.1, 0.15) is 0 Å². The fourth-order valence-corrected chi connectivity index (χ4v) is 2.14. The van der Waals surface area contributed by atoms with Gasteiger partial charge in [0.05, 0.1) is 0 Å². The second-order valence-corrected chi connectivity index (χ2v) is 5.26. The molecule has 0 aliphatic carbocycles. The van der Waals surface area contributed by atoms with Crippen molar-refractivity contribution < 1.29 is 8.42 Å². The number of pyridine rings is 1. The zero-order valence-corrected chi connectivity index (χ0v) is 8.80. The van der Waals surface area contributed by atoms with Gasteiger partial charge in [-0.15, -0.1) is 0 Å². The van der Waals surface area contributed by atoms with Crippen LogP contribution in [0.3, 0.4) is 0 Å². The molecule has 1 rings (SSSR count). The largest absolute Gasteiger partial charge is 0.244 e. The lowest BCUT2D eigenvalue weighted by molar-refractivity contribution is 0.595. The second-order valence-electron chi connectivity index (χ2n) is 3.32. The maximum atomic E-state index is 11.3. The molecule has 0 aromatic carbocycles. The van der Waals surface area contributed by atoms with Crippen LogP contribution in [0.25, 0.3) is 0 Å². The Morgan fingerprint density at radius 2 is 2.00 bits per heavy atom. The summed E-state index contributed by atoms with van der Waals surface area (Å²) in [7, 11) is -3.19. The summed E-state index contributed by atoms with van der Waals surface area (Å²) < 4.78 is 22.6. The first kappa shape index (κ1) is 10.2. The van der Waals surface area contributed by atoms with E-state index in [-0.39, 0.29) is 10.9 Å². The lowest BCUT2D eigenvalue weighted by atomic mass is 10.1. The first-order chi connectivity index (χ1) is 5.93. The highest BCUT2D eigenvalue weighted by Gasteiger charge is 2.15. The van der Waals surface area contributed by atoms with Crippen LogP contribution in [-0.4, -0.2) is 19.7 Å². The van der Waals surface area contributed by atoms with Gasteiger partial charge in [-0.05, 0) is 17.5 Å².